The average Bonchev–Trinajstić information content (AvgIpc) is 2.78. The van der Waals surface area contributed by atoms with Gasteiger partial charge in [0.15, 0.2) is 5.96 Å². The van der Waals surface area contributed by atoms with E-state index < -0.39 is 10.0 Å². The Labute approximate surface area is 209 Å². The highest BCUT2D eigenvalue weighted by Crippen LogP contribution is 2.20. The van der Waals surface area contributed by atoms with Gasteiger partial charge in [-0.3, -0.25) is 0 Å². The molecule has 0 unspecified atom stereocenters. The van der Waals surface area contributed by atoms with Crippen molar-refractivity contribution in [2.75, 3.05) is 26.7 Å². The van der Waals surface area contributed by atoms with Gasteiger partial charge in [0.05, 0.1) is 12.3 Å². The molecule has 0 atom stereocenters. The van der Waals surface area contributed by atoms with Gasteiger partial charge < -0.3 is 10.2 Å². The molecule has 0 bridgehead atoms. The molecule has 0 spiro atoms. The second-order valence-electron chi connectivity index (χ2n) is 7.65. The topological polar surface area (TPSA) is 73.8 Å². The summed E-state index contributed by atoms with van der Waals surface area (Å²) in [5.41, 5.74) is 4.49. The predicted molar refractivity (Wildman–Crippen MR) is 144 cm³/mol. The Hall–Kier alpha value is -1.91. The lowest BCUT2D eigenvalue weighted by atomic mass is 10.0. The fourth-order valence-electron chi connectivity index (χ4n) is 3.64. The van der Waals surface area contributed by atoms with Gasteiger partial charge in [-0.25, -0.2) is 18.1 Å². The van der Waals surface area contributed by atoms with Crippen LogP contribution >= 0.6 is 24.0 Å². The van der Waals surface area contributed by atoms with E-state index in [-0.39, 0.29) is 29.7 Å². The van der Waals surface area contributed by atoms with Gasteiger partial charge in [-0.05, 0) is 43.5 Å². The van der Waals surface area contributed by atoms with Crippen LogP contribution in [0.3, 0.4) is 0 Å². The first-order valence-electron chi connectivity index (χ1n) is 10.8. The van der Waals surface area contributed by atoms with Crippen molar-refractivity contribution >= 4 is 46.0 Å². The zero-order chi connectivity index (χ0) is 22.1. The normalized spacial score (nSPS) is 14.6. The van der Waals surface area contributed by atoms with E-state index in [1.807, 2.05) is 30.3 Å². The van der Waals surface area contributed by atoms with E-state index >= 15 is 0 Å². The zero-order valence-corrected chi connectivity index (χ0v) is 21.9. The Kier molecular flexibility index (Phi) is 10.7. The van der Waals surface area contributed by atoms with Gasteiger partial charge in [0.1, 0.15) is 0 Å². The van der Waals surface area contributed by atoms with Gasteiger partial charge in [0.25, 0.3) is 0 Å². The number of guanidine groups is 1. The number of likely N-dealkylation sites (tertiary alicyclic amines) is 1. The van der Waals surface area contributed by atoms with Gasteiger partial charge in [0, 0.05) is 19.6 Å². The van der Waals surface area contributed by atoms with E-state index in [9.17, 15) is 8.42 Å². The van der Waals surface area contributed by atoms with Crippen molar-refractivity contribution in [1.82, 2.24) is 14.9 Å². The maximum Gasteiger partial charge on any atom is 0.215 e. The highest BCUT2D eigenvalue weighted by Gasteiger charge is 2.17. The first-order chi connectivity index (χ1) is 15.0. The summed E-state index contributed by atoms with van der Waals surface area (Å²) in [4.78, 5) is 7.13. The third-order valence-electron chi connectivity index (χ3n) is 5.28. The lowest BCUT2D eigenvalue weighted by Crippen LogP contribution is -2.44. The van der Waals surface area contributed by atoms with Gasteiger partial charge in [-0.1, -0.05) is 66.2 Å². The summed E-state index contributed by atoms with van der Waals surface area (Å²) in [5.74, 6) is 0.888. The summed E-state index contributed by atoms with van der Waals surface area (Å²) < 4.78 is 26.0. The van der Waals surface area contributed by atoms with Crippen molar-refractivity contribution in [3.8, 4) is 0 Å². The molecule has 0 radical (unpaired) electrons. The summed E-state index contributed by atoms with van der Waals surface area (Å²) in [6.45, 7) is 5.26. The van der Waals surface area contributed by atoms with Crippen LogP contribution in [-0.4, -0.2) is 46.0 Å². The molecular formula is C24H33IN4O2S. The molecule has 3 rings (SSSR count). The minimum atomic E-state index is -3.29. The lowest BCUT2D eigenvalue weighted by Gasteiger charge is -2.31. The summed E-state index contributed by atoms with van der Waals surface area (Å²) >= 11 is 0. The molecule has 1 aliphatic rings. The average molecular weight is 569 g/mol. The van der Waals surface area contributed by atoms with E-state index in [1.165, 1.54) is 18.2 Å². The molecule has 1 aliphatic heterocycles. The van der Waals surface area contributed by atoms with E-state index in [0.717, 1.165) is 49.6 Å². The largest absolute Gasteiger partial charge is 0.357 e. The molecule has 0 amide bonds. The number of rotatable bonds is 7. The van der Waals surface area contributed by atoms with Crippen molar-refractivity contribution < 1.29 is 8.42 Å². The van der Waals surface area contributed by atoms with E-state index in [0.29, 0.717) is 6.54 Å². The molecule has 1 fully saturated rings. The highest BCUT2D eigenvalue weighted by atomic mass is 127. The first-order valence-corrected chi connectivity index (χ1v) is 12.4. The number of benzene rings is 2. The van der Waals surface area contributed by atoms with Crippen molar-refractivity contribution in [2.24, 2.45) is 4.99 Å². The zero-order valence-electron chi connectivity index (χ0n) is 18.8. The summed E-state index contributed by atoms with van der Waals surface area (Å²) in [5, 5.41) is 3.40. The SMILES string of the molecule is CCNC(=NCc1cccc(CS(=O)(=O)NC)c1)N1CCC(=Cc2ccccc2)CC1.I. The molecule has 2 N–H and O–H groups in total. The minimum Gasteiger partial charge on any atom is -0.357 e. The number of halogens is 1. The van der Waals surface area contributed by atoms with Crippen LogP contribution < -0.4 is 10.0 Å². The first kappa shape index (κ1) is 26.3. The molecule has 1 saturated heterocycles. The Morgan fingerprint density at radius 3 is 2.41 bits per heavy atom. The van der Waals surface area contributed by atoms with E-state index in [2.05, 4.69) is 52.2 Å². The molecule has 2 aromatic rings. The van der Waals surface area contributed by atoms with Gasteiger partial charge >= 0.3 is 0 Å². The van der Waals surface area contributed by atoms with Crippen LogP contribution in [0.15, 0.2) is 65.2 Å². The van der Waals surface area contributed by atoms with Gasteiger partial charge in [0.2, 0.25) is 10.0 Å². The number of aliphatic imine (C=N–C) groups is 1. The molecule has 32 heavy (non-hydrogen) atoms. The Balaban J connectivity index is 0.00000363. The minimum absolute atomic E-state index is 0. The van der Waals surface area contributed by atoms with Crippen molar-refractivity contribution in [2.45, 2.75) is 32.1 Å². The second kappa shape index (κ2) is 13.0. The summed E-state index contributed by atoms with van der Waals surface area (Å²) in [6, 6.07) is 18.1. The molecule has 0 aromatic heterocycles. The molecule has 174 valence electrons. The fourth-order valence-corrected chi connectivity index (χ4v) is 4.40. The molecule has 2 aromatic carbocycles. The molecule has 0 aliphatic carbocycles. The van der Waals surface area contributed by atoms with Crippen LogP contribution in [-0.2, 0) is 22.3 Å². The fraction of sp³-hybridized carbons (Fsp3) is 0.375. The Morgan fingerprint density at radius 1 is 1.06 bits per heavy atom. The molecule has 0 saturated carbocycles. The van der Waals surface area contributed by atoms with E-state index in [4.69, 9.17) is 4.99 Å². The highest BCUT2D eigenvalue weighted by molar-refractivity contribution is 14.0. The molecule has 6 nitrogen and oxygen atoms in total. The summed E-state index contributed by atoms with van der Waals surface area (Å²) in [7, 11) is -1.85. The van der Waals surface area contributed by atoms with Crippen LogP contribution in [0.25, 0.3) is 6.08 Å². The van der Waals surface area contributed by atoms with Crippen LogP contribution in [0, 0.1) is 0 Å². The second-order valence-corrected chi connectivity index (χ2v) is 9.58. The van der Waals surface area contributed by atoms with Crippen LogP contribution in [0.4, 0.5) is 0 Å². The molecular weight excluding hydrogens is 535 g/mol. The quantitative estimate of drug-likeness (QED) is 0.301. The third-order valence-corrected chi connectivity index (χ3v) is 6.62. The maximum atomic E-state index is 11.8. The van der Waals surface area contributed by atoms with E-state index in [1.54, 1.807) is 0 Å². The predicted octanol–water partition coefficient (Wildman–Crippen LogP) is 4.00. The molecule has 1 heterocycles. The van der Waals surface area contributed by atoms with Crippen LogP contribution in [0.2, 0.25) is 0 Å². The number of sulfonamides is 1. The monoisotopic (exact) mass is 568 g/mol. The number of hydrogen-bond acceptors (Lipinski definition) is 3. The van der Waals surface area contributed by atoms with Crippen molar-refractivity contribution in [3.63, 3.8) is 0 Å². The molecule has 8 heteroatoms. The van der Waals surface area contributed by atoms with Gasteiger partial charge in [-0.15, -0.1) is 24.0 Å². The number of hydrogen-bond donors (Lipinski definition) is 2. The maximum absolute atomic E-state index is 11.8. The van der Waals surface area contributed by atoms with Gasteiger partial charge in [-0.2, -0.15) is 0 Å². The Morgan fingerprint density at radius 2 is 1.75 bits per heavy atom. The smallest absolute Gasteiger partial charge is 0.215 e. The number of nitrogens with zero attached hydrogens (tertiary/aromatic N) is 2. The number of nitrogens with one attached hydrogen (secondary N) is 2. The van der Waals surface area contributed by atoms with Crippen LogP contribution in [0.5, 0.6) is 0 Å². The van der Waals surface area contributed by atoms with Crippen molar-refractivity contribution in [1.29, 1.82) is 0 Å². The van der Waals surface area contributed by atoms with Crippen LogP contribution in [0.1, 0.15) is 36.5 Å². The summed E-state index contributed by atoms with van der Waals surface area (Å²) in [6.07, 6.45) is 4.35. The number of piperidine rings is 1. The van der Waals surface area contributed by atoms with Crippen molar-refractivity contribution in [3.05, 3.63) is 76.9 Å². The lowest BCUT2D eigenvalue weighted by molar-refractivity contribution is 0.375. The third kappa shape index (κ3) is 8.22. The standard InChI is InChI=1S/C24H32N4O2S.HI/c1-3-26-24(27-18-22-10-7-11-23(17-22)19-31(29,30)25-2)28-14-12-21(13-15-28)16-20-8-5-4-6-9-20;/h4-11,16-17,25H,3,12-15,18-19H2,1-2H3,(H,26,27);1H. The Bertz CT molecular complexity index is 1010.